The van der Waals surface area contributed by atoms with E-state index in [4.69, 9.17) is 0 Å². The molecule has 3 heteroatoms. The van der Waals surface area contributed by atoms with Gasteiger partial charge >= 0.3 is 0 Å². The number of halogens is 3. The van der Waals surface area contributed by atoms with Crippen LogP contribution in [-0.4, -0.2) is 0 Å². The molecule has 0 spiro atoms. The maximum absolute atomic E-state index is 14.8. The Balaban J connectivity index is 1.40. The molecule has 0 bridgehead atoms. The molecule has 3 aromatic rings. The van der Waals surface area contributed by atoms with Gasteiger partial charge in [-0.05, 0) is 78.7 Å². The molecule has 0 amide bonds. The van der Waals surface area contributed by atoms with Crippen molar-refractivity contribution < 1.29 is 13.2 Å². The van der Waals surface area contributed by atoms with Crippen molar-refractivity contribution in [3.8, 4) is 11.1 Å². The van der Waals surface area contributed by atoms with Crippen LogP contribution in [0.5, 0.6) is 0 Å². The van der Waals surface area contributed by atoms with Crippen molar-refractivity contribution in [1.29, 1.82) is 0 Å². The van der Waals surface area contributed by atoms with Crippen LogP contribution in [0.25, 0.3) is 17.2 Å². The highest BCUT2D eigenvalue weighted by molar-refractivity contribution is 5.67. The summed E-state index contributed by atoms with van der Waals surface area (Å²) in [5.41, 5.74) is 4.29. The first-order valence-electron chi connectivity index (χ1n) is 12.5. The summed E-state index contributed by atoms with van der Waals surface area (Å²) >= 11 is 0. The van der Waals surface area contributed by atoms with Crippen LogP contribution < -0.4 is 0 Å². The molecule has 1 aliphatic carbocycles. The average Bonchev–Trinajstić information content (AvgIpc) is 2.86. The van der Waals surface area contributed by atoms with E-state index in [0.29, 0.717) is 29.4 Å². The Morgan fingerprint density at radius 3 is 2.21 bits per heavy atom. The van der Waals surface area contributed by atoms with E-state index in [2.05, 4.69) is 13.0 Å². The van der Waals surface area contributed by atoms with Crippen LogP contribution >= 0.6 is 0 Å². The highest BCUT2D eigenvalue weighted by Crippen LogP contribution is 2.37. The summed E-state index contributed by atoms with van der Waals surface area (Å²) in [6.07, 6.45) is 10.3. The molecule has 0 N–H and O–H groups in total. The van der Waals surface area contributed by atoms with Crippen LogP contribution in [0.3, 0.4) is 0 Å². The Hall–Kier alpha value is -2.81. The monoisotopic (exact) mass is 462 g/mol. The zero-order valence-electron chi connectivity index (χ0n) is 20.1. The maximum atomic E-state index is 14.8. The second-order valence-corrected chi connectivity index (χ2v) is 9.45. The molecule has 1 fully saturated rings. The molecule has 178 valence electrons. The van der Waals surface area contributed by atoms with Crippen LogP contribution in [0.2, 0.25) is 0 Å². The molecule has 0 unspecified atom stereocenters. The largest absolute Gasteiger partial charge is 0.207 e. The van der Waals surface area contributed by atoms with E-state index in [-0.39, 0.29) is 11.4 Å². The minimum absolute atomic E-state index is 0.111. The third kappa shape index (κ3) is 5.46. The van der Waals surface area contributed by atoms with E-state index in [9.17, 15) is 13.2 Å². The smallest absolute Gasteiger partial charge is 0.167 e. The fourth-order valence-electron chi connectivity index (χ4n) is 5.04. The summed E-state index contributed by atoms with van der Waals surface area (Å²) in [7, 11) is 0. The summed E-state index contributed by atoms with van der Waals surface area (Å²) < 4.78 is 43.8. The summed E-state index contributed by atoms with van der Waals surface area (Å²) in [4.78, 5) is 0. The standard InChI is InChI=1S/C31H33F3/c1-3-5-21-8-13-25(14-9-21)28-19-18-26(30(33)31(28)34)15-10-22-6-11-24(12-7-22)27-17-16-23(4-2)29(32)20-27/h8-10,13-20,22,24H,3-7,11-12H2,1-2H3. The molecular formula is C31H33F3. The molecule has 0 radical (unpaired) electrons. The summed E-state index contributed by atoms with van der Waals surface area (Å²) in [6.45, 7) is 4.08. The Morgan fingerprint density at radius 1 is 0.824 bits per heavy atom. The molecular weight excluding hydrogens is 429 g/mol. The van der Waals surface area contributed by atoms with Gasteiger partial charge in [0.2, 0.25) is 0 Å². The van der Waals surface area contributed by atoms with Gasteiger partial charge in [-0.3, -0.25) is 0 Å². The first-order chi connectivity index (χ1) is 16.5. The van der Waals surface area contributed by atoms with Gasteiger partial charge in [-0.1, -0.05) is 81.0 Å². The van der Waals surface area contributed by atoms with Gasteiger partial charge in [0.05, 0.1) is 0 Å². The number of rotatable bonds is 7. The van der Waals surface area contributed by atoms with Crippen molar-refractivity contribution in [3.63, 3.8) is 0 Å². The van der Waals surface area contributed by atoms with E-state index in [1.165, 1.54) is 5.56 Å². The molecule has 0 nitrogen and oxygen atoms in total. The number of benzene rings is 3. The second kappa shape index (κ2) is 11.1. The maximum Gasteiger partial charge on any atom is 0.167 e. The third-order valence-electron chi connectivity index (χ3n) is 7.17. The lowest BCUT2D eigenvalue weighted by atomic mass is 9.78. The van der Waals surface area contributed by atoms with Crippen molar-refractivity contribution >= 4 is 6.08 Å². The molecule has 0 aliphatic heterocycles. The molecule has 3 aromatic carbocycles. The van der Waals surface area contributed by atoms with Crippen LogP contribution in [-0.2, 0) is 12.8 Å². The molecule has 1 aliphatic rings. The molecule has 4 rings (SSSR count). The van der Waals surface area contributed by atoms with Crippen LogP contribution in [0.1, 0.15) is 74.1 Å². The normalized spacial score (nSPS) is 18.5. The molecule has 0 aromatic heterocycles. The Kier molecular flexibility index (Phi) is 7.92. The van der Waals surface area contributed by atoms with Gasteiger partial charge < -0.3 is 0 Å². The summed E-state index contributed by atoms with van der Waals surface area (Å²) in [5.74, 6) is -1.02. The van der Waals surface area contributed by atoms with Gasteiger partial charge in [-0.25, -0.2) is 13.2 Å². The number of aryl methyl sites for hydroxylation is 2. The third-order valence-corrected chi connectivity index (χ3v) is 7.17. The zero-order chi connectivity index (χ0) is 24.1. The van der Waals surface area contributed by atoms with Crippen molar-refractivity contribution in [1.82, 2.24) is 0 Å². The van der Waals surface area contributed by atoms with Gasteiger partial charge in [0.15, 0.2) is 11.6 Å². The van der Waals surface area contributed by atoms with E-state index < -0.39 is 11.6 Å². The average molecular weight is 463 g/mol. The Morgan fingerprint density at radius 2 is 1.56 bits per heavy atom. The fraction of sp³-hybridized carbons (Fsp3) is 0.355. The fourth-order valence-corrected chi connectivity index (χ4v) is 5.04. The Labute approximate surface area is 201 Å². The first-order valence-corrected chi connectivity index (χ1v) is 12.5. The van der Waals surface area contributed by atoms with E-state index in [1.807, 2.05) is 43.3 Å². The Bertz CT molecular complexity index is 1140. The molecule has 34 heavy (non-hydrogen) atoms. The predicted octanol–water partition coefficient (Wildman–Crippen LogP) is 9.27. The van der Waals surface area contributed by atoms with Gasteiger partial charge in [0.25, 0.3) is 0 Å². The van der Waals surface area contributed by atoms with Gasteiger partial charge in [0, 0.05) is 11.1 Å². The molecule has 1 saturated carbocycles. The van der Waals surface area contributed by atoms with E-state index in [1.54, 1.807) is 24.3 Å². The molecule has 0 atom stereocenters. The van der Waals surface area contributed by atoms with Gasteiger partial charge in [-0.2, -0.15) is 0 Å². The highest BCUT2D eigenvalue weighted by atomic mass is 19.2. The minimum Gasteiger partial charge on any atom is -0.207 e. The van der Waals surface area contributed by atoms with Crippen LogP contribution in [0.4, 0.5) is 13.2 Å². The highest BCUT2D eigenvalue weighted by Gasteiger charge is 2.22. The SMILES string of the molecule is CCCc1ccc(-c2ccc(C=CC3CCC(c4ccc(CC)c(F)c4)CC3)c(F)c2F)cc1. The number of hydrogen-bond donors (Lipinski definition) is 0. The quantitative estimate of drug-likeness (QED) is 0.328. The lowest BCUT2D eigenvalue weighted by molar-refractivity contribution is 0.376. The second-order valence-electron chi connectivity index (χ2n) is 9.45. The van der Waals surface area contributed by atoms with Crippen LogP contribution in [0, 0.1) is 23.4 Å². The number of hydrogen-bond acceptors (Lipinski definition) is 0. The van der Waals surface area contributed by atoms with Crippen molar-refractivity contribution in [2.24, 2.45) is 5.92 Å². The van der Waals surface area contributed by atoms with E-state index >= 15 is 0 Å². The summed E-state index contributed by atoms with van der Waals surface area (Å²) in [5, 5.41) is 0. The van der Waals surface area contributed by atoms with E-state index in [0.717, 1.165) is 49.7 Å². The topological polar surface area (TPSA) is 0 Å². The molecule has 0 heterocycles. The first kappa shape index (κ1) is 24.3. The number of allylic oxidation sites excluding steroid dienone is 1. The van der Waals surface area contributed by atoms with Crippen molar-refractivity contribution in [2.75, 3.05) is 0 Å². The lowest BCUT2D eigenvalue weighted by Gasteiger charge is -2.27. The van der Waals surface area contributed by atoms with Gasteiger partial charge in [0.1, 0.15) is 5.82 Å². The van der Waals surface area contributed by atoms with Crippen molar-refractivity contribution in [2.45, 2.75) is 64.7 Å². The zero-order valence-corrected chi connectivity index (χ0v) is 20.1. The van der Waals surface area contributed by atoms with Crippen molar-refractivity contribution in [3.05, 3.63) is 100 Å². The lowest BCUT2D eigenvalue weighted by Crippen LogP contribution is -2.12. The summed E-state index contributed by atoms with van der Waals surface area (Å²) in [6, 6.07) is 16.6. The predicted molar refractivity (Wildman–Crippen MR) is 135 cm³/mol. The minimum atomic E-state index is -0.799. The van der Waals surface area contributed by atoms with Gasteiger partial charge in [-0.15, -0.1) is 0 Å². The van der Waals surface area contributed by atoms with Crippen LogP contribution in [0.15, 0.2) is 60.7 Å². The molecule has 0 saturated heterocycles.